The van der Waals surface area contributed by atoms with E-state index in [1.165, 1.54) is 38.5 Å². The molecule has 2 N–H and O–H groups in total. The summed E-state index contributed by atoms with van der Waals surface area (Å²) in [6.45, 7) is 4.31. The quantitative estimate of drug-likeness (QED) is 0.264. The second-order valence-corrected chi connectivity index (χ2v) is 8.72. The van der Waals surface area contributed by atoms with Gasteiger partial charge in [0.2, 0.25) is 0 Å². The highest BCUT2D eigenvalue weighted by atomic mass is 32.2. The number of aliphatic hydroxyl groups is 1. The van der Waals surface area contributed by atoms with Crippen LogP contribution in [0.4, 0.5) is 0 Å². The molecule has 0 aliphatic rings. The highest BCUT2D eigenvalue weighted by Gasteiger charge is 2.29. The maximum absolute atomic E-state index is 11.5. The van der Waals surface area contributed by atoms with Crippen LogP contribution < -0.4 is 0 Å². The molecule has 0 aliphatic carbocycles. The Kier molecular flexibility index (Phi) is 15.1. The van der Waals surface area contributed by atoms with Gasteiger partial charge in [-0.05, 0) is 12.8 Å². The maximum atomic E-state index is 11.5. The van der Waals surface area contributed by atoms with Gasteiger partial charge in [-0.15, -0.1) is 0 Å². The van der Waals surface area contributed by atoms with Gasteiger partial charge in [0.05, 0.1) is 6.10 Å². The van der Waals surface area contributed by atoms with Crippen LogP contribution in [0.15, 0.2) is 0 Å². The smallest absolute Gasteiger partial charge is 0.270 e. The molecule has 0 rings (SSSR count). The van der Waals surface area contributed by atoms with Crippen molar-refractivity contribution in [1.29, 1.82) is 0 Å². The van der Waals surface area contributed by atoms with E-state index in [-0.39, 0.29) is 0 Å². The van der Waals surface area contributed by atoms with Crippen LogP contribution in [0.1, 0.15) is 110 Å². The van der Waals surface area contributed by atoms with Gasteiger partial charge < -0.3 is 5.11 Å². The van der Waals surface area contributed by atoms with Gasteiger partial charge in [0.25, 0.3) is 10.1 Å². The minimum atomic E-state index is -4.16. The van der Waals surface area contributed by atoms with E-state index in [1.54, 1.807) is 0 Å². The molecular formula is C19H40O4S. The third-order valence-corrected chi connectivity index (χ3v) is 6.07. The SMILES string of the molecule is CCCCCCCCCCCC(O)C(CCCCCC)S(=O)(=O)O. The first-order chi connectivity index (χ1) is 11.4. The molecule has 0 saturated carbocycles. The Balaban J connectivity index is 3.87. The molecule has 0 aliphatic heterocycles. The summed E-state index contributed by atoms with van der Waals surface area (Å²) in [5, 5.41) is 9.15. The lowest BCUT2D eigenvalue weighted by Crippen LogP contribution is -2.33. The average molecular weight is 365 g/mol. The summed E-state index contributed by atoms with van der Waals surface area (Å²) in [4.78, 5) is 0. The Morgan fingerprint density at radius 1 is 0.667 bits per heavy atom. The zero-order valence-electron chi connectivity index (χ0n) is 15.9. The molecule has 0 aromatic heterocycles. The number of rotatable bonds is 17. The lowest BCUT2D eigenvalue weighted by atomic mass is 10.0. The average Bonchev–Trinajstić information content (AvgIpc) is 2.51. The van der Waals surface area contributed by atoms with E-state index in [9.17, 15) is 18.1 Å². The van der Waals surface area contributed by atoms with Crippen LogP contribution in [0.2, 0.25) is 0 Å². The Morgan fingerprint density at radius 2 is 1.04 bits per heavy atom. The van der Waals surface area contributed by atoms with Crippen LogP contribution in [0.5, 0.6) is 0 Å². The van der Waals surface area contributed by atoms with Gasteiger partial charge in [-0.25, -0.2) is 0 Å². The predicted octanol–water partition coefficient (Wildman–Crippen LogP) is 5.50. The van der Waals surface area contributed by atoms with Gasteiger partial charge in [0.15, 0.2) is 0 Å². The normalized spacial score (nSPS) is 14.7. The number of unbranched alkanes of at least 4 members (excludes halogenated alkanes) is 11. The highest BCUT2D eigenvalue weighted by Crippen LogP contribution is 2.19. The third-order valence-electron chi connectivity index (χ3n) is 4.76. The van der Waals surface area contributed by atoms with Crippen molar-refractivity contribution in [3.8, 4) is 0 Å². The number of hydrogen-bond donors (Lipinski definition) is 2. The molecule has 24 heavy (non-hydrogen) atoms. The van der Waals surface area contributed by atoms with Crippen molar-refractivity contribution in [2.75, 3.05) is 0 Å². The van der Waals surface area contributed by atoms with Crippen molar-refractivity contribution in [3.05, 3.63) is 0 Å². The molecule has 146 valence electrons. The highest BCUT2D eigenvalue weighted by molar-refractivity contribution is 7.86. The van der Waals surface area contributed by atoms with E-state index in [4.69, 9.17) is 0 Å². The maximum Gasteiger partial charge on any atom is 0.270 e. The fraction of sp³-hybridized carbons (Fsp3) is 1.00. The monoisotopic (exact) mass is 364 g/mol. The molecule has 4 nitrogen and oxygen atoms in total. The minimum Gasteiger partial charge on any atom is -0.392 e. The van der Waals surface area contributed by atoms with Crippen LogP contribution >= 0.6 is 0 Å². The molecule has 2 unspecified atom stereocenters. The second-order valence-electron chi connectivity index (χ2n) is 7.09. The van der Waals surface area contributed by atoms with Crippen LogP contribution in [0.3, 0.4) is 0 Å². The standard InChI is InChI=1S/C19H40O4S/c1-3-5-7-9-10-11-12-13-14-16-18(20)19(24(21,22)23)17-15-8-6-4-2/h18-20H,3-17H2,1-2H3,(H,21,22,23). The molecule has 0 saturated heterocycles. The molecule has 0 amide bonds. The van der Waals surface area contributed by atoms with Gasteiger partial charge >= 0.3 is 0 Å². The van der Waals surface area contributed by atoms with Crippen molar-refractivity contribution >= 4 is 10.1 Å². The lowest BCUT2D eigenvalue weighted by molar-refractivity contribution is 0.146. The minimum absolute atomic E-state index is 0.359. The molecule has 0 aromatic carbocycles. The Labute approximate surface area is 150 Å². The molecular weight excluding hydrogens is 324 g/mol. The zero-order chi connectivity index (χ0) is 18.3. The molecule has 5 heteroatoms. The van der Waals surface area contributed by atoms with Gasteiger partial charge in [-0.1, -0.05) is 97.3 Å². The topological polar surface area (TPSA) is 74.6 Å². The number of hydrogen-bond acceptors (Lipinski definition) is 3. The molecule has 0 aromatic rings. The largest absolute Gasteiger partial charge is 0.392 e. The molecule has 0 spiro atoms. The van der Waals surface area contributed by atoms with Crippen LogP contribution in [0.25, 0.3) is 0 Å². The van der Waals surface area contributed by atoms with E-state index in [0.29, 0.717) is 12.8 Å². The number of aliphatic hydroxyl groups excluding tert-OH is 1. The van der Waals surface area contributed by atoms with Crippen molar-refractivity contribution < 1.29 is 18.1 Å². The molecule has 0 fully saturated rings. The molecule has 0 radical (unpaired) electrons. The van der Waals surface area contributed by atoms with Gasteiger partial charge in [-0.3, -0.25) is 4.55 Å². The summed E-state index contributed by atoms with van der Waals surface area (Å²) in [5.74, 6) is 0. The Hall–Kier alpha value is -0.130. The van der Waals surface area contributed by atoms with Crippen LogP contribution in [-0.4, -0.2) is 29.4 Å². The first-order valence-corrected chi connectivity index (χ1v) is 11.6. The summed E-state index contributed by atoms with van der Waals surface area (Å²) in [5.41, 5.74) is 0. The second kappa shape index (κ2) is 15.2. The summed E-state index contributed by atoms with van der Waals surface area (Å²) in [6.07, 6.45) is 14.4. The van der Waals surface area contributed by atoms with Gasteiger partial charge in [0.1, 0.15) is 5.25 Å². The zero-order valence-corrected chi connectivity index (χ0v) is 16.7. The fourth-order valence-corrected chi connectivity index (χ4v) is 4.16. The van der Waals surface area contributed by atoms with E-state index in [0.717, 1.165) is 44.9 Å². The summed E-state index contributed by atoms with van der Waals surface area (Å²) in [7, 11) is -4.16. The summed E-state index contributed by atoms with van der Waals surface area (Å²) < 4.78 is 32.3. The van der Waals surface area contributed by atoms with E-state index in [2.05, 4.69) is 13.8 Å². The fourth-order valence-electron chi connectivity index (χ4n) is 3.16. The molecule has 0 heterocycles. The van der Waals surface area contributed by atoms with Crippen LogP contribution in [0, 0.1) is 0 Å². The Bertz CT molecular complexity index is 368. The van der Waals surface area contributed by atoms with Crippen molar-refractivity contribution in [1.82, 2.24) is 0 Å². The third kappa shape index (κ3) is 13.2. The van der Waals surface area contributed by atoms with E-state index < -0.39 is 21.5 Å². The van der Waals surface area contributed by atoms with Crippen molar-refractivity contribution in [2.45, 2.75) is 122 Å². The van der Waals surface area contributed by atoms with Gasteiger partial charge in [-0.2, -0.15) is 8.42 Å². The lowest BCUT2D eigenvalue weighted by Gasteiger charge is -2.20. The van der Waals surface area contributed by atoms with Crippen molar-refractivity contribution in [2.24, 2.45) is 0 Å². The van der Waals surface area contributed by atoms with Gasteiger partial charge in [0, 0.05) is 0 Å². The van der Waals surface area contributed by atoms with E-state index in [1.807, 2.05) is 0 Å². The van der Waals surface area contributed by atoms with Crippen LogP contribution in [-0.2, 0) is 10.1 Å². The summed E-state index contributed by atoms with van der Waals surface area (Å²) in [6, 6.07) is 0. The van der Waals surface area contributed by atoms with Crippen molar-refractivity contribution in [3.63, 3.8) is 0 Å². The first kappa shape index (κ1) is 23.9. The predicted molar refractivity (Wildman–Crippen MR) is 102 cm³/mol. The Morgan fingerprint density at radius 3 is 1.50 bits per heavy atom. The first-order valence-electron chi connectivity index (χ1n) is 10.1. The summed E-state index contributed by atoms with van der Waals surface area (Å²) >= 11 is 0. The molecule has 0 bridgehead atoms. The van der Waals surface area contributed by atoms with E-state index >= 15 is 0 Å². The molecule has 2 atom stereocenters.